The Kier molecular flexibility index (Phi) is 2.32. The second kappa shape index (κ2) is 3.26. The molecular formula is C7H7NO5. The molecule has 1 aromatic rings. The van der Waals surface area contributed by atoms with E-state index in [9.17, 15) is 9.59 Å². The average Bonchev–Trinajstić information content (AvgIpc) is 2.46. The minimum Gasteiger partial charge on any atom is -0.477 e. The lowest BCUT2D eigenvalue weighted by Crippen LogP contribution is -2.07. The highest BCUT2D eigenvalue weighted by molar-refractivity contribution is 6.00. The van der Waals surface area contributed by atoms with Gasteiger partial charge in [0.15, 0.2) is 5.76 Å². The Labute approximate surface area is 72.8 Å². The van der Waals surface area contributed by atoms with Crippen LogP contribution in [0, 0.1) is 0 Å². The zero-order valence-corrected chi connectivity index (χ0v) is 6.77. The standard InChI is InChI=1S/C7H7NO5/c1-2-3-4(6(9)10)5(7(11)12)8-13-3/h2H2,1H3,(H,9,10)(H,11,12). The van der Waals surface area contributed by atoms with Crippen LogP contribution < -0.4 is 0 Å². The monoisotopic (exact) mass is 185 g/mol. The predicted molar refractivity (Wildman–Crippen MR) is 39.8 cm³/mol. The molecule has 0 fully saturated rings. The predicted octanol–water partition coefficient (Wildman–Crippen LogP) is 0.633. The second-order valence-corrected chi connectivity index (χ2v) is 2.29. The Hall–Kier alpha value is -1.85. The Balaban J connectivity index is 3.30. The van der Waals surface area contributed by atoms with Crippen molar-refractivity contribution in [1.29, 1.82) is 0 Å². The van der Waals surface area contributed by atoms with E-state index < -0.39 is 17.6 Å². The molecule has 0 aliphatic rings. The Bertz CT molecular complexity index is 354. The largest absolute Gasteiger partial charge is 0.477 e. The molecule has 6 heteroatoms. The molecule has 0 spiro atoms. The topological polar surface area (TPSA) is 101 Å². The number of hydrogen-bond donors (Lipinski definition) is 2. The molecule has 0 bridgehead atoms. The molecule has 6 nitrogen and oxygen atoms in total. The van der Waals surface area contributed by atoms with Gasteiger partial charge in [0.2, 0.25) is 5.69 Å². The quantitative estimate of drug-likeness (QED) is 0.716. The number of rotatable bonds is 3. The van der Waals surface area contributed by atoms with E-state index in [1.165, 1.54) is 0 Å². The molecule has 0 atom stereocenters. The highest BCUT2D eigenvalue weighted by atomic mass is 16.5. The van der Waals surface area contributed by atoms with Crippen molar-refractivity contribution in [3.05, 3.63) is 17.0 Å². The lowest BCUT2D eigenvalue weighted by molar-refractivity contribution is 0.0647. The molecule has 2 N–H and O–H groups in total. The van der Waals surface area contributed by atoms with Crippen LogP contribution in [0.25, 0.3) is 0 Å². The van der Waals surface area contributed by atoms with Gasteiger partial charge in [-0.2, -0.15) is 0 Å². The third-order valence-electron chi connectivity index (χ3n) is 1.50. The van der Waals surface area contributed by atoms with Crippen molar-refractivity contribution >= 4 is 11.9 Å². The summed E-state index contributed by atoms with van der Waals surface area (Å²) in [5, 5.41) is 20.3. The number of carbonyl (C=O) groups is 2. The highest BCUT2D eigenvalue weighted by Gasteiger charge is 2.25. The van der Waals surface area contributed by atoms with Crippen LogP contribution >= 0.6 is 0 Å². The maximum absolute atomic E-state index is 10.6. The van der Waals surface area contributed by atoms with E-state index in [0.717, 1.165) is 0 Å². The van der Waals surface area contributed by atoms with E-state index in [2.05, 4.69) is 9.68 Å². The van der Waals surface area contributed by atoms with Crippen LogP contribution in [0.1, 0.15) is 33.5 Å². The fourth-order valence-corrected chi connectivity index (χ4v) is 0.932. The molecule has 1 aromatic heterocycles. The molecule has 0 aliphatic heterocycles. The molecule has 0 saturated carbocycles. The van der Waals surface area contributed by atoms with Crippen molar-refractivity contribution in [3.63, 3.8) is 0 Å². The first-order chi connectivity index (χ1) is 6.07. The number of aryl methyl sites for hydroxylation is 1. The minimum absolute atomic E-state index is 0.0740. The van der Waals surface area contributed by atoms with Gasteiger partial charge in [0.1, 0.15) is 5.56 Å². The molecule has 1 heterocycles. The minimum atomic E-state index is -1.40. The molecule has 0 radical (unpaired) electrons. The van der Waals surface area contributed by atoms with Gasteiger partial charge in [0.25, 0.3) is 0 Å². The fraction of sp³-hybridized carbons (Fsp3) is 0.286. The zero-order chi connectivity index (χ0) is 10.0. The number of aromatic carboxylic acids is 2. The molecule has 70 valence electrons. The van der Waals surface area contributed by atoms with Crippen molar-refractivity contribution in [2.75, 3.05) is 0 Å². The van der Waals surface area contributed by atoms with Crippen LogP contribution in [0.15, 0.2) is 4.52 Å². The lowest BCUT2D eigenvalue weighted by atomic mass is 10.1. The van der Waals surface area contributed by atoms with E-state index in [4.69, 9.17) is 10.2 Å². The molecular weight excluding hydrogens is 178 g/mol. The summed E-state index contributed by atoms with van der Waals surface area (Å²) in [7, 11) is 0. The summed E-state index contributed by atoms with van der Waals surface area (Å²) in [6, 6.07) is 0. The van der Waals surface area contributed by atoms with Crippen molar-refractivity contribution in [3.8, 4) is 0 Å². The van der Waals surface area contributed by atoms with Gasteiger partial charge in [-0.3, -0.25) is 0 Å². The van der Waals surface area contributed by atoms with E-state index in [0.29, 0.717) is 6.42 Å². The lowest BCUT2D eigenvalue weighted by Gasteiger charge is -1.91. The third-order valence-corrected chi connectivity index (χ3v) is 1.50. The van der Waals surface area contributed by atoms with Crippen molar-refractivity contribution < 1.29 is 24.3 Å². The zero-order valence-electron chi connectivity index (χ0n) is 6.77. The Morgan fingerprint density at radius 1 is 1.38 bits per heavy atom. The van der Waals surface area contributed by atoms with Gasteiger partial charge in [0, 0.05) is 6.42 Å². The number of carboxylic acids is 2. The molecule has 13 heavy (non-hydrogen) atoms. The average molecular weight is 185 g/mol. The van der Waals surface area contributed by atoms with Crippen LogP contribution in [0.5, 0.6) is 0 Å². The molecule has 0 aromatic carbocycles. The first-order valence-electron chi connectivity index (χ1n) is 3.53. The van der Waals surface area contributed by atoms with Gasteiger partial charge in [-0.05, 0) is 0 Å². The normalized spacial score (nSPS) is 9.92. The number of aromatic nitrogens is 1. The second-order valence-electron chi connectivity index (χ2n) is 2.29. The molecule has 1 rings (SSSR count). The summed E-state index contributed by atoms with van der Waals surface area (Å²) >= 11 is 0. The Morgan fingerprint density at radius 2 is 2.00 bits per heavy atom. The molecule has 0 aliphatic carbocycles. The molecule has 0 saturated heterocycles. The van der Waals surface area contributed by atoms with E-state index in [1.807, 2.05) is 0 Å². The number of nitrogens with zero attached hydrogens (tertiary/aromatic N) is 1. The van der Waals surface area contributed by atoms with Gasteiger partial charge in [-0.15, -0.1) is 0 Å². The van der Waals surface area contributed by atoms with Gasteiger partial charge in [-0.1, -0.05) is 12.1 Å². The van der Waals surface area contributed by atoms with Gasteiger partial charge in [-0.25, -0.2) is 9.59 Å². The smallest absolute Gasteiger partial charge is 0.359 e. The molecule has 0 unspecified atom stereocenters. The van der Waals surface area contributed by atoms with Crippen LogP contribution in [-0.4, -0.2) is 27.3 Å². The van der Waals surface area contributed by atoms with Crippen LogP contribution in [0.3, 0.4) is 0 Å². The summed E-state index contributed by atoms with van der Waals surface area (Å²) in [4.78, 5) is 21.1. The third kappa shape index (κ3) is 1.51. The number of carboxylic acid groups (broad SMARTS) is 2. The first kappa shape index (κ1) is 9.24. The summed E-state index contributed by atoms with van der Waals surface area (Å²) in [5.41, 5.74) is -0.917. The summed E-state index contributed by atoms with van der Waals surface area (Å²) in [6.07, 6.45) is 0.294. The van der Waals surface area contributed by atoms with Crippen molar-refractivity contribution in [1.82, 2.24) is 5.16 Å². The van der Waals surface area contributed by atoms with Crippen LogP contribution in [-0.2, 0) is 6.42 Å². The van der Waals surface area contributed by atoms with Crippen molar-refractivity contribution in [2.24, 2.45) is 0 Å². The van der Waals surface area contributed by atoms with Gasteiger partial charge in [0.05, 0.1) is 0 Å². The maximum Gasteiger partial charge on any atom is 0.359 e. The summed E-state index contributed by atoms with van der Waals surface area (Å²) in [5.74, 6) is -2.67. The van der Waals surface area contributed by atoms with Gasteiger partial charge >= 0.3 is 11.9 Å². The SMILES string of the molecule is CCc1onc(C(=O)O)c1C(=O)O. The molecule has 0 amide bonds. The van der Waals surface area contributed by atoms with Gasteiger partial charge < -0.3 is 14.7 Å². The summed E-state index contributed by atoms with van der Waals surface area (Å²) in [6.45, 7) is 1.65. The summed E-state index contributed by atoms with van der Waals surface area (Å²) < 4.78 is 4.56. The van der Waals surface area contributed by atoms with Crippen molar-refractivity contribution in [2.45, 2.75) is 13.3 Å². The van der Waals surface area contributed by atoms with E-state index in [-0.39, 0.29) is 11.3 Å². The fourth-order valence-electron chi connectivity index (χ4n) is 0.932. The maximum atomic E-state index is 10.6. The number of hydrogen-bond acceptors (Lipinski definition) is 4. The Morgan fingerprint density at radius 3 is 2.38 bits per heavy atom. The first-order valence-corrected chi connectivity index (χ1v) is 3.53. The van der Waals surface area contributed by atoms with E-state index in [1.54, 1.807) is 6.92 Å². The van der Waals surface area contributed by atoms with Crippen LogP contribution in [0.2, 0.25) is 0 Å². The highest BCUT2D eigenvalue weighted by Crippen LogP contribution is 2.14. The van der Waals surface area contributed by atoms with Crippen LogP contribution in [0.4, 0.5) is 0 Å². The van der Waals surface area contributed by atoms with E-state index >= 15 is 0 Å².